The van der Waals surface area contributed by atoms with Crippen LogP contribution < -0.4 is 5.32 Å². The number of carbonyl (C=O) groups excluding carboxylic acids is 1. The van der Waals surface area contributed by atoms with Gasteiger partial charge in [0.1, 0.15) is 6.04 Å². The van der Waals surface area contributed by atoms with Gasteiger partial charge in [0.15, 0.2) is 0 Å². The molecular formula is C16H23NO3S2. The zero-order chi connectivity index (χ0) is 16.5. The Morgan fingerprint density at radius 2 is 1.95 bits per heavy atom. The van der Waals surface area contributed by atoms with Crippen molar-refractivity contribution in [3.8, 4) is 0 Å². The van der Waals surface area contributed by atoms with E-state index in [0.717, 1.165) is 5.56 Å². The molecule has 6 heteroatoms. The van der Waals surface area contributed by atoms with Crippen molar-refractivity contribution in [1.29, 1.82) is 0 Å². The number of rotatable bonds is 9. The molecule has 1 rings (SSSR count). The third-order valence-electron chi connectivity index (χ3n) is 3.42. The number of nitrogens with one attached hydrogen (secondary N) is 1. The van der Waals surface area contributed by atoms with Crippen LogP contribution in [-0.4, -0.2) is 40.8 Å². The van der Waals surface area contributed by atoms with Crippen molar-refractivity contribution >= 4 is 36.3 Å². The van der Waals surface area contributed by atoms with E-state index in [1.54, 1.807) is 11.8 Å². The lowest BCUT2D eigenvalue weighted by molar-refractivity contribution is -0.142. The second-order valence-electron chi connectivity index (χ2n) is 5.25. The lowest BCUT2D eigenvalue weighted by Crippen LogP contribution is -2.44. The summed E-state index contributed by atoms with van der Waals surface area (Å²) in [5, 5.41) is 11.8. The normalized spacial score (nSPS) is 13.4. The number of benzene rings is 1. The molecule has 2 N–H and O–H groups in total. The van der Waals surface area contributed by atoms with Crippen LogP contribution in [0.25, 0.3) is 0 Å². The van der Waals surface area contributed by atoms with Crippen molar-refractivity contribution in [2.75, 3.05) is 17.8 Å². The summed E-state index contributed by atoms with van der Waals surface area (Å²) >= 11 is 5.80. The van der Waals surface area contributed by atoms with E-state index in [2.05, 4.69) is 17.9 Å². The van der Waals surface area contributed by atoms with E-state index in [1.165, 1.54) is 5.56 Å². The second-order valence-corrected chi connectivity index (χ2v) is 6.60. The summed E-state index contributed by atoms with van der Waals surface area (Å²) in [5.74, 6) is -0.489. The molecule has 4 nitrogen and oxygen atoms in total. The molecule has 0 aromatic heterocycles. The number of hydrogen-bond acceptors (Lipinski definition) is 4. The summed E-state index contributed by atoms with van der Waals surface area (Å²) < 4.78 is 0. The Labute approximate surface area is 141 Å². The third kappa shape index (κ3) is 6.32. The molecule has 0 aliphatic heterocycles. The molecule has 0 aliphatic carbocycles. The molecule has 1 aromatic rings. The molecule has 0 saturated carbocycles. The number of hydrogen-bond donors (Lipinski definition) is 3. The maximum atomic E-state index is 12.3. The number of aryl methyl sites for hydroxylation is 1. The van der Waals surface area contributed by atoms with E-state index in [4.69, 9.17) is 0 Å². The maximum Gasteiger partial charge on any atom is 0.326 e. The SMILES string of the molecule is CSCCC(NC(=O)C(CS)Cc1ccc(C)cc1)C(=O)O. The highest BCUT2D eigenvalue weighted by Gasteiger charge is 2.24. The van der Waals surface area contributed by atoms with Gasteiger partial charge in [0.05, 0.1) is 5.92 Å². The summed E-state index contributed by atoms with van der Waals surface area (Å²) in [7, 11) is 0. The van der Waals surface area contributed by atoms with Crippen molar-refractivity contribution in [1.82, 2.24) is 5.32 Å². The Morgan fingerprint density at radius 1 is 1.32 bits per heavy atom. The first-order valence-electron chi connectivity index (χ1n) is 7.16. The Bertz CT molecular complexity index is 491. The second kappa shape index (κ2) is 9.79. The van der Waals surface area contributed by atoms with Crippen LogP contribution in [0.5, 0.6) is 0 Å². The summed E-state index contributed by atoms with van der Waals surface area (Å²) in [6.45, 7) is 2.01. The molecule has 0 heterocycles. The minimum absolute atomic E-state index is 0.246. The number of carboxylic acids is 1. The fourth-order valence-electron chi connectivity index (χ4n) is 2.03. The molecule has 1 amide bonds. The van der Waals surface area contributed by atoms with Crippen LogP contribution in [0.2, 0.25) is 0 Å². The zero-order valence-electron chi connectivity index (χ0n) is 12.9. The van der Waals surface area contributed by atoms with Gasteiger partial charge in [-0.25, -0.2) is 4.79 Å². The zero-order valence-corrected chi connectivity index (χ0v) is 14.6. The molecule has 22 heavy (non-hydrogen) atoms. The standard InChI is InChI=1S/C16H23NO3S2/c1-11-3-5-12(6-4-11)9-13(10-21)15(18)17-14(16(19)20)7-8-22-2/h3-6,13-14,21H,7-10H2,1-2H3,(H,17,18)(H,19,20). The highest BCUT2D eigenvalue weighted by Crippen LogP contribution is 2.13. The molecule has 0 bridgehead atoms. The Hall–Kier alpha value is -1.14. The largest absolute Gasteiger partial charge is 0.480 e. The van der Waals surface area contributed by atoms with Gasteiger partial charge in [-0.1, -0.05) is 29.8 Å². The summed E-state index contributed by atoms with van der Waals surface area (Å²) in [4.78, 5) is 23.5. The number of carboxylic acid groups (broad SMARTS) is 1. The molecule has 2 atom stereocenters. The average molecular weight is 341 g/mol. The molecule has 122 valence electrons. The van der Waals surface area contributed by atoms with Crippen molar-refractivity contribution in [3.63, 3.8) is 0 Å². The monoisotopic (exact) mass is 341 g/mol. The quantitative estimate of drug-likeness (QED) is 0.604. The minimum atomic E-state index is -0.990. The minimum Gasteiger partial charge on any atom is -0.480 e. The van der Waals surface area contributed by atoms with E-state index in [9.17, 15) is 14.7 Å². The van der Waals surface area contributed by atoms with Crippen LogP contribution in [-0.2, 0) is 16.0 Å². The first-order chi connectivity index (χ1) is 10.5. The molecule has 0 radical (unpaired) electrons. The smallest absolute Gasteiger partial charge is 0.326 e. The average Bonchev–Trinajstić information content (AvgIpc) is 2.50. The van der Waals surface area contributed by atoms with Gasteiger partial charge in [0.25, 0.3) is 0 Å². The fourth-order valence-corrected chi connectivity index (χ4v) is 2.80. The van der Waals surface area contributed by atoms with Gasteiger partial charge in [0.2, 0.25) is 5.91 Å². The van der Waals surface area contributed by atoms with Crippen LogP contribution in [0.4, 0.5) is 0 Å². The lowest BCUT2D eigenvalue weighted by Gasteiger charge is -2.19. The van der Waals surface area contributed by atoms with E-state index in [0.29, 0.717) is 24.3 Å². The van der Waals surface area contributed by atoms with Crippen LogP contribution in [0.3, 0.4) is 0 Å². The van der Waals surface area contributed by atoms with Crippen LogP contribution in [0, 0.1) is 12.8 Å². The molecule has 2 unspecified atom stereocenters. The van der Waals surface area contributed by atoms with Gasteiger partial charge in [-0.05, 0) is 37.3 Å². The van der Waals surface area contributed by atoms with Gasteiger partial charge in [-0.2, -0.15) is 24.4 Å². The number of amides is 1. The van der Waals surface area contributed by atoms with Crippen LogP contribution in [0.15, 0.2) is 24.3 Å². The topological polar surface area (TPSA) is 66.4 Å². The van der Waals surface area contributed by atoms with E-state index in [1.807, 2.05) is 37.4 Å². The van der Waals surface area contributed by atoms with E-state index < -0.39 is 12.0 Å². The van der Waals surface area contributed by atoms with E-state index >= 15 is 0 Å². The molecule has 0 fully saturated rings. The van der Waals surface area contributed by atoms with Crippen LogP contribution in [0.1, 0.15) is 17.5 Å². The lowest BCUT2D eigenvalue weighted by atomic mass is 9.99. The van der Waals surface area contributed by atoms with Crippen LogP contribution >= 0.6 is 24.4 Å². The first kappa shape index (κ1) is 18.9. The number of thiol groups is 1. The number of thioether (sulfide) groups is 1. The van der Waals surface area contributed by atoms with Crippen molar-refractivity contribution in [2.45, 2.75) is 25.8 Å². The summed E-state index contributed by atoms with van der Waals surface area (Å²) in [6.07, 6.45) is 2.89. The van der Waals surface area contributed by atoms with Gasteiger partial charge in [-0.15, -0.1) is 0 Å². The Morgan fingerprint density at radius 3 is 2.45 bits per heavy atom. The maximum absolute atomic E-state index is 12.3. The predicted octanol–water partition coefficient (Wildman–Crippen LogP) is 2.41. The van der Waals surface area contributed by atoms with Gasteiger partial charge >= 0.3 is 5.97 Å². The van der Waals surface area contributed by atoms with Gasteiger partial charge in [-0.3, -0.25) is 4.79 Å². The fraction of sp³-hybridized carbons (Fsp3) is 0.500. The van der Waals surface area contributed by atoms with Crippen molar-refractivity contribution in [2.24, 2.45) is 5.92 Å². The van der Waals surface area contributed by atoms with Gasteiger partial charge < -0.3 is 10.4 Å². The van der Waals surface area contributed by atoms with E-state index in [-0.39, 0.29) is 11.8 Å². The summed E-state index contributed by atoms with van der Waals surface area (Å²) in [5.41, 5.74) is 2.22. The molecule has 0 saturated heterocycles. The predicted molar refractivity (Wildman–Crippen MR) is 94.8 cm³/mol. The number of carbonyl (C=O) groups is 2. The number of aliphatic carboxylic acids is 1. The third-order valence-corrected chi connectivity index (χ3v) is 4.50. The van der Waals surface area contributed by atoms with Crippen molar-refractivity contribution in [3.05, 3.63) is 35.4 Å². The highest BCUT2D eigenvalue weighted by atomic mass is 32.2. The van der Waals surface area contributed by atoms with Gasteiger partial charge in [0, 0.05) is 5.75 Å². The Balaban J connectivity index is 2.66. The molecule has 0 spiro atoms. The molecular weight excluding hydrogens is 318 g/mol. The highest BCUT2D eigenvalue weighted by molar-refractivity contribution is 7.98. The molecule has 1 aromatic carbocycles. The first-order valence-corrected chi connectivity index (χ1v) is 9.19. The Kier molecular flexibility index (Phi) is 8.42. The summed E-state index contributed by atoms with van der Waals surface area (Å²) in [6, 6.07) is 7.14. The molecule has 0 aliphatic rings. The van der Waals surface area contributed by atoms with Crippen molar-refractivity contribution < 1.29 is 14.7 Å².